The summed E-state index contributed by atoms with van der Waals surface area (Å²) in [6.45, 7) is 8.65. The van der Waals surface area contributed by atoms with Crippen LogP contribution in [0.25, 0.3) is 0 Å². The summed E-state index contributed by atoms with van der Waals surface area (Å²) in [6, 6.07) is 9.38. The van der Waals surface area contributed by atoms with Gasteiger partial charge in [-0.25, -0.2) is 5.43 Å². The molecule has 0 heterocycles. The first-order chi connectivity index (χ1) is 15.8. The Bertz CT molecular complexity index is 998. The molecule has 2 aromatic carbocycles. The molecule has 0 bridgehead atoms. The van der Waals surface area contributed by atoms with Crippen LogP contribution >= 0.6 is 27.5 Å². The van der Waals surface area contributed by atoms with Crippen LogP contribution in [-0.4, -0.2) is 37.3 Å². The number of amides is 2. The van der Waals surface area contributed by atoms with E-state index in [9.17, 15) is 9.59 Å². The molecule has 0 fully saturated rings. The minimum atomic E-state index is -0.774. The Hall–Kier alpha value is -2.58. The van der Waals surface area contributed by atoms with E-state index in [0.29, 0.717) is 40.9 Å². The van der Waals surface area contributed by atoms with Gasteiger partial charge < -0.3 is 14.8 Å². The van der Waals surface area contributed by atoms with Crippen LogP contribution in [0.15, 0.2) is 46.0 Å². The maximum Gasteiger partial charge on any atom is 0.262 e. The Morgan fingerprint density at radius 2 is 1.94 bits per heavy atom. The highest BCUT2D eigenvalue weighted by atomic mass is 79.9. The third-order valence-corrected chi connectivity index (χ3v) is 5.32. The van der Waals surface area contributed by atoms with Crippen LogP contribution in [0, 0.1) is 5.92 Å². The van der Waals surface area contributed by atoms with E-state index in [4.69, 9.17) is 21.1 Å². The van der Waals surface area contributed by atoms with Gasteiger partial charge >= 0.3 is 0 Å². The third kappa shape index (κ3) is 8.05. The monoisotopic (exact) mass is 537 g/mol. The van der Waals surface area contributed by atoms with Gasteiger partial charge in [-0.2, -0.15) is 5.10 Å². The number of ether oxygens (including phenoxy) is 2. The van der Waals surface area contributed by atoms with Crippen molar-refractivity contribution < 1.29 is 19.1 Å². The van der Waals surface area contributed by atoms with Crippen molar-refractivity contribution in [2.75, 3.05) is 13.2 Å². The lowest BCUT2D eigenvalue weighted by Gasteiger charge is -2.20. The molecule has 0 aliphatic carbocycles. The lowest BCUT2D eigenvalue weighted by molar-refractivity contribution is -0.123. The topological polar surface area (TPSA) is 89.0 Å². The number of halogens is 2. The lowest BCUT2D eigenvalue weighted by Crippen LogP contribution is -2.48. The normalized spacial score (nSPS) is 12.0. The van der Waals surface area contributed by atoms with E-state index in [0.717, 1.165) is 10.9 Å². The fourth-order valence-corrected chi connectivity index (χ4v) is 3.66. The fourth-order valence-electron chi connectivity index (χ4n) is 2.90. The Morgan fingerprint density at radius 1 is 1.18 bits per heavy atom. The molecular formula is C24H29BrClN3O4. The largest absolute Gasteiger partial charge is 0.490 e. The number of nitrogens with zero attached hydrogens (tertiary/aromatic N) is 1. The Balaban J connectivity index is 2.10. The highest BCUT2D eigenvalue weighted by molar-refractivity contribution is 9.10. The van der Waals surface area contributed by atoms with Crippen molar-refractivity contribution in [3.63, 3.8) is 0 Å². The molecule has 7 nitrogen and oxygen atoms in total. The highest BCUT2D eigenvalue weighted by Gasteiger charge is 2.24. The number of hydrogen-bond acceptors (Lipinski definition) is 5. The number of nitrogens with one attached hydrogen (secondary N) is 2. The molecule has 2 N–H and O–H groups in total. The fraction of sp³-hybridized carbons (Fsp3) is 0.375. The van der Waals surface area contributed by atoms with E-state index >= 15 is 0 Å². The van der Waals surface area contributed by atoms with Gasteiger partial charge in [-0.3, -0.25) is 9.59 Å². The van der Waals surface area contributed by atoms with E-state index in [1.165, 1.54) is 6.21 Å². The molecule has 33 heavy (non-hydrogen) atoms. The summed E-state index contributed by atoms with van der Waals surface area (Å²) in [5.41, 5.74) is 3.59. The molecule has 1 atom stereocenters. The van der Waals surface area contributed by atoms with Gasteiger partial charge in [-0.05, 0) is 71.1 Å². The van der Waals surface area contributed by atoms with Gasteiger partial charge in [0.05, 0.1) is 23.9 Å². The lowest BCUT2D eigenvalue weighted by atomic mass is 10.0. The zero-order chi connectivity index (χ0) is 24.4. The predicted octanol–water partition coefficient (Wildman–Crippen LogP) is 5.19. The average Bonchev–Trinajstić information content (AvgIpc) is 2.76. The van der Waals surface area contributed by atoms with Crippen LogP contribution in [-0.2, 0) is 4.79 Å². The zero-order valence-electron chi connectivity index (χ0n) is 19.2. The molecule has 9 heteroatoms. The first kappa shape index (κ1) is 26.7. The second-order valence-electron chi connectivity index (χ2n) is 7.55. The van der Waals surface area contributed by atoms with E-state index in [2.05, 4.69) is 31.8 Å². The molecule has 0 aliphatic heterocycles. The Morgan fingerprint density at radius 3 is 2.58 bits per heavy atom. The van der Waals surface area contributed by atoms with Crippen molar-refractivity contribution in [3.05, 3.63) is 57.0 Å². The van der Waals surface area contributed by atoms with Gasteiger partial charge in [0.25, 0.3) is 11.8 Å². The first-order valence-electron chi connectivity index (χ1n) is 10.7. The van der Waals surface area contributed by atoms with Crippen molar-refractivity contribution in [3.8, 4) is 11.5 Å². The van der Waals surface area contributed by atoms with Crippen molar-refractivity contribution >= 4 is 45.6 Å². The summed E-state index contributed by atoms with van der Waals surface area (Å²) in [6.07, 6.45) is 2.38. The van der Waals surface area contributed by atoms with Gasteiger partial charge in [0, 0.05) is 10.6 Å². The Labute approximate surface area is 208 Å². The van der Waals surface area contributed by atoms with Crippen LogP contribution in [0.1, 0.15) is 50.0 Å². The molecule has 178 valence electrons. The van der Waals surface area contributed by atoms with Crippen LogP contribution in [0.5, 0.6) is 11.5 Å². The van der Waals surface area contributed by atoms with Gasteiger partial charge in [-0.1, -0.05) is 38.4 Å². The van der Waals surface area contributed by atoms with Crippen LogP contribution in [0.2, 0.25) is 5.02 Å². The zero-order valence-corrected chi connectivity index (χ0v) is 21.5. The van der Waals surface area contributed by atoms with E-state index in [1.54, 1.807) is 30.3 Å². The van der Waals surface area contributed by atoms with Gasteiger partial charge in [0.2, 0.25) is 0 Å². The molecule has 0 radical (unpaired) electrons. The molecule has 0 aliphatic rings. The molecule has 2 rings (SSSR count). The summed E-state index contributed by atoms with van der Waals surface area (Å²) in [5.74, 6) is 0.245. The number of carbonyl (C=O) groups excluding carboxylic acids is 2. The molecule has 0 saturated carbocycles. The van der Waals surface area contributed by atoms with E-state index in [1.807, 2.05) is 33.8 Å². The minimum Gasteiger partial charge on any atom is -0.490 e. The molecule has 1 unspecified atom stereocenters. The highest BCUT2D eigenvalue weighted by Crippen LogP contribution is 2.36. The standard InChI is InChI=1S/C24H29BrClN3O4/c1-5-10-33-22-19(25)11-16(12-20(22)32-6-2)14-27-29-24(31)21(15(3)4)28-23(30)17-8-7-9-18(26)13-17/h7-9,11-15,21H,5-6,10H2,1-4H3,(H,28,30)(H,29,31)/b27-14-. The quantitative estimate of drug-likeness (QED) is 0.304. The summed E-state index contributed by atoms with van der Waals surface area (Å²) < 4.78 is 12.2. The molecule has 2 aromatic rings. The SMILES string of the molecule is CCCOc1c(Br)cc(/C=N\NC(=O)C(NC(=O)c2cccc(Cl)c2)C(C)C)cc1OCC. The second-order valence-corrected chi connectivity index (χ2v) is 8.84. The maximum atomic E-state index is 12.7. The Kier molecular flexibility index (Phi) is 10.7. The van der Waals surface area contributed by atoms with Crippen molar-refractivity contribution in [2.24, 2.45) is 11.0 Å². The van der Waals surface area contributed by atoms with Gasteiger partial charge in [-0.15, -0.1) is 0 Å². The van der Waals surface area contributed by atoms with Crippen molar-refractivity contribution in [1.29, 1.82) is 0 Å². The summed E-state index contributed by atoms with van der Waals surface area (Å²) in [7, 11) is 0. The van der Waals surface area contributed by atoms with Crippen LogP contribution < -0.4 is 20.2 Å². The molecule has 0 aromatic heterocycles. The van der Waals surface area contributed by atoms with Crippen molar-refractivity contribution in [2.45, 2.75) is 40.2 Å². The summed E-state index contributed by atoms with van der Waals surface area (Å²) >= 11 is 9.46. The summed E-state index contributed by atoms with van der Waals surface area (Å²) in [4.78, 5) is 25.2. The third-order valence-electron chi connectivity index (χ3n) is 4.49. The number of rotatable bonds is 11. The number of hydrazone groups is 1. The molecule has 2 amide bonds. The maximum absolute atomic E-state index is 12.7. The molecule has 0 saturated heterocycles. The number of carbonyl (C=O) groups is 2. The molecular weight excluding hydrogens is 510 g/mol. The minimum absolute atomic E-state index is 0.156. The van der Waals surface area contributed by atoms with Gasteiger partial charge in [0.1, 0.15) is 6.04 Å². The second kappa shape index (κ2) is 13.2. The number of hydrogen-bond donors (Lipinski definition) is 2. The van der Waals surface area contributed by atoms with Gasteiger partial charge in [0.15, 0.2) is 11.5 Å². The van der Waals surface area contributed by atoms with Crippen LogP contribution in [0.4, 0.5) is 0 Å². The van der Waals surface area contributed by atoms with E-state index in [-0.39, 0.29) is 11.8 Å². The smallest absolute Gasteiger partial charge is 0.262 e. The number of benzene rings is 2. The van der Waals surface area contributed by atoms with E-state index < -0.39 is 11.9 Å². The summed E-state index contributed by atoms with van der Waals surface area (Å²) in [5, 5.41) is 7.25. The van der Waals surface area contributed by atoms with Crippen LogP contribution in [0.3, 0.4) is 0 Å². The molecule has 0 spiro atoms. The van der Waals surface area contributed by atoms with Crippen molar-refractivity contribution in [1.82, 2.24) is 10.7 Å². The predicted molar refractivity (Wildman–Crippen MR) is 134 cm³/mol. The average molecular weight is 539 g/mol. The first-order valence-corrected chi connectivity index (χ1v) is 11.9.